The SMILES string of the molecule is COc1cc(/C=C(/C#N)c2nc3ccc(C)cc3[nH]2)cc(I)c1OCc1ccccc1F. The van der Waals surface area contributed by atoms with Crippen LogP contribution in [0.4, 0.5) is 4.39 Å². The Labute approximate surface area is 198 Å². The van der Waals surface area contributed by atoms with E-state index >= 15 is 0 Å². The third kappa shape index (κ3) is 4.60. The van der Waals surface area contributed by atoms with Gasteiger partial charge >= 0.3 is 0 Å². The lowest BCUT2D eigenvalue weighted by molar-refractivity contribution is 0.277. The molecule has 0 unspecified atom stereocenters. The first kappa shape index (κ1) is 21.8. The van der Waals surface area contributed by atoms with E-state index in [1.165, 1.54) is 6.07 Å². The first-order valence-corrected chi connectivity index (χ1v) is 10.9. The van der Waals surface area contributed by atoms with Crippen molar-refractivity contribution in [1.29, 1.82) is 5.26 Å². The van der Waals surface area contributed by atoms with Crippen molar-refractivity contribution in [2.75, 3.05) is 7.11 Å². The maximum atomic E-state index is 13.9. The summed E-state index contributed by atoms with van der Waals surface area (Å²) < 4.78 is 26.1. The number of aromatic amines is 1. The normalized spacial score (nSPS) is 11.4. The van der Waals surface area contributed by atoms with Gasteiger partial charge in [0.05, 0.1) is 27.3 Å². The van der Waals surface area contributed by atoms with Crippen molar-refractivity contribution < 1.29 is 13.9 Å². The van der Waals surface area contributed by atoms with E-state index in [1.54, 1.807) is 37.5 Å². The third-order valence-corrected chi connectivity index (χ3v) is 5.71. The molecule has 0 spiro atoms. The summed E-state index contributed by atoms with van der Waals surface area (Å²) >= 11 is 2.14. The van der Waals surface area contributed by atoms with E-state index in [1.807, 2.05) is 31.2 Å². The summed E-state index contributed by atoms with van der Waals surface area (Å²) in [5, 5.41) is 9.74. The van der Waals surface area contributed by atoms with Crippen LogP contribution in [0.5, 0.6) is 11.5 Å². The molecule has 0 fully saturated rings. The quantitative estimate of drug-likeness (QED) is 0.232. The standard InChI is InChI=1S/C25H19FIN3O2/c1-15-7-8-21-22(9-15)30-25(29-21)18(13-28)10-16-11-20(27)24(23(12-16)31-2)32-14-17-5-3-4-6-19(17)26/h3-12H,14H2,1-2H3,(H,29,30)/b18-10-. The largest absolute Gasteiger partial charge is 0.493 e. The number of ether oxygens (including phenoxy) is 2. The van der Waals surface area contributed by atoms with Gasteiger partial charge in [0.2, 0.25) is 0 Å². The van der Waals surface area contributed by atoms with Gasteiger partial charge in [0.15, 0.2) is 11.5 Å². The number of nitrogens with one attached hydrogen (secondary N) is 1. The van der Waals surface area contributed by atoms with Crippen molar-refractivity contribution in [2.45, 2.75) is 13.5 Å². The van der Waals surface area contributed by atoms with E-state index in [0.717, 1.165) is 25.7 Å². The third-order valence-electron chi connectivity index (χ3n) is 4.91. The molecule has 1 heterocycles. The zero-order chi connectivity index (χ0) is 22.7. The molecular formula is C25H19FIN3O2. The van der Waals surface area contributed by atoms with Gasteiger partial charge < -0.3 is 14.5 Å². The first-order valence-electron chi connectivity index (χ1n) is 9.80. The zero-order valence-electron chi connectivity index (χ0n) is 17.4. The Hall–Kier alpha value is -3.38. The molecule has 0 amide bonds. The Balaban J connectivity index is 1.65. The number of hydrogen-bond donors (Lipinski definition) is 1. The predicted octanol–water partition coefficient (Wildman–Crippen LogP) is 6.27. The lowest BCUT2D eigenvalue weighted by Gasteiger charge is -2.14. The highest BCUT2D eigenvalue weighted by atomic mass is 127. The van der Waals surface area contributed by atoms with Crippen LogP contribution in [0.15, 0.2) is 54.6 Å². The Morgan fingerprint density at radius 1 is 1.22 bits per heavy atom. The summed E-state index contributed by atoms with van der Waals surface area (Å²) in [5.74, 6) is 1.20. The second-order valence-corrected chi connectivity index (χ2v) is 8.35. The van der Waals surface area contributed by atoms with Crippen LogP contribution in [0.3, 0.4) is 0 Å². The van der Waals surface area contributed by atoms with Gasteiger partial charge in [0.1, 0.15) is 24.3 Å². The number of aromatic nitrogens is 2. The number of halogens is 2. The fourth-order valence-electron chi connectivity index (χ4n) is 3.30. The van der Waals surface area contributed by atoms with Crippen molar-refractivity contribution in [3.8, 4) is 17.6 Å². The van der Waals surface area contributed by atoms with E-state index in [9.17, 15) is 9.65 Å². The first-order chi connectivity index (χ1) is 15.5. The molecule has 0 radical (unpaired) electrons. The fourth-order valence-corrected chi connectivity index (χ4v) is 4.08. The van der Waals surface area contributed by atoms with E-state index in [2.05, 4.69) is 38.6 Å². The molecule has 0 aliphatic heterocycles. The van der Waals surface area contributed by atoms with Gasteiger partial charge in [-0.2, -0.15) is 5.26 Å². The highest BCUT2D eigenvalue weighted by Gasteiger charge is 2.14. The summed E-state index contributed by atoms with van der Waals surface area (Å²) in [6.45, 7) is 2.08. The van der Waals surface area contributed by atoms with E-state index in [0.29, 0.717) is 28.5 Å². The molecule has 1 N–H and O–H groups in total. The number of rotatable bonds is 6. The monoisotopic (exact) mass is 539 g/mol. The highest BCUT2D eigenvalue weighted by Crippen LogP contribution is 2.35. The van der Waals surface area contributed by atoms with E-state index in [-0.39, 0.29) is 12.4 Å². The molecule has 32 heavy (non-hydrogen) atoms. The molecule has 0 aliphatic rings. The summed E-state index contributed by atoms with van der Waals surface area (Å²) in [7, 11) is 1.54. The molecule has 5 nitrogen and oxygen atoms in total. The lowest BCUT2D eigenvalue weighted by Crippen LogP contribution is -2.02. The van der Waals surface area contributed by atoms with Gasteiger partial charge in [-0.1, -0.05) is 24.3 Å². The molecule has 4 aromatic rings. The Morgan fingerprint density at radius 3 is 2.78 bits per heavy atom. The van der Waals surface area contributed by atoms with Gasteiger partial charge in [-0.05, 0) is 77.0 Å². The summed E-state index contributed by atoms with van der Waals surface area (Å²) in [5.41, 5.74) is 4.41. The van der Waals surface area contributed by atoms with Gasteiger partial charge in [0.25, 0.3) is 0 Å². The number of fused-ring (bicyclic) bond motifs is 1. The molecule has 0 bridgehead atoms. The van der Waals surface area contributed by atoms with Crippen molar-refractivity contribution in [1.82, 2.24) is 9.97 Å². The van der Waals surface area contributed by atoms with Crippen LogP contribution in [-0.4, -0.2) is 17.1 Å². The van der Waals surface area contributed by atoms with E-state index in [4.69, 9.17) is 9.47 Å². The molecule has 1 aromatic heterocycles. The molecule has 160 valence electrons. The van der Waals surface area contributed by atoms with Crippen molar-refractivity contribution in [3.63, 3.8) is 0 Å². The number of methoxy groups -OCH3 is 1. The van der Waals surface area contributed by atoms with Crippen LogP contribution in [0.25, 0.3) is 22.7 Å². The average molecular weight is 539 g/mol. The molecular weight excluding hydrogens is 520 g/mol. The van der Waals surface area contributed by atoms with Crippen LogP contribution >= 0.6 is 22.6 Å². The number of aryl methyl sites for hydroxylation is 1. The summed E-state index contributed by atoms with van der Waals surface area (Å²) in [6.07, 6.45) is 1.75. The molecule has 7 heteroatoms. The molecule has 3 aromatic carbocycles. The van der Waals surface area contributed by atoms with E-state index < -0.39 is 0 Å². The number of imidazole rings is 1. The maximum Gasteiger partial charge on any atom is 0.174 e. The molecule has 0 atom stereocenters. The number of nitriles is 1. The van der Waals surface area contributed by atoms with Crippen molar-refractivity contribution >= 4 is 45.3 Å². The Morgan fingerprint density at radius 2 is 2.03 bits per heavy atom. The van der Waals surface area contributed by atoms with Crippen LogP contribution < -0.4 is 9.47 Å². The minimum Gasteiger partial charge on any atom is -0.493 e. The molecule has 0 aliphatic carbocycles. The Kier molecular flexibility index (Phi) is 6.42. The second-order valence-electron chi connectivity index (χ2n) is 7.19. The van der Waals surface area contributed by atoms with Gasteiger partial charge in [-0.3, -0.25) is 0 Å². The van der Waals surface area contributed by atoms with Crippen LogP contribution in [0, 0.1) is 27.6 Å². The molecule has 0 saturated carbocycles. The van der Waals surface area contributed by atoms with Crippen LogP contribution in [0.1, 0.15) is 22.5 Å². The average Bonchev–Trinajstić information content (AvgIpc) is 3.20. The van der Waals surface area contributed by atoms with Crippen LogP contribution in [-0.2, 0) is 6.61 Å². The Bertz CT molecular complexity index is 1370. The van der Waals surface area contributed by atoms with Gasteiger partial charge in [0, 0.05) is 5.56 Å². The number of benzene rings is 3. The van der Waals surface area contributed by atoms with Gasteiger partial charge in [-0.25, -0.2) is 9.37 Å². The fraction of sp³-hybridized carbons (Fsp3) is 0.120. The van der Waals surface area contributed by atoms with Crippen LogP contribution in [0.2, 0.25) is 0 Å². The summed E-state index contributed by atoms with van der Waals surface area (Å²) in [4.78, 5) is 7.75. The number of nitrogens with zero attached hydrogens (tertiary/aromatic N) is 2. The highest BCUT2D eigenvalue weighted by molar-refractivity contribution is 14.1. The predicted molar refractivity (Wildman–Crippen MR) is 131 cm³/mol. The minimum atomic E-state index is -0.319. The molecule has 0 saturated heterocycles. The zero-order valence-corrected chi connectivity index (χ0v) is 19.6. The van der Waals surface area contributed by atoms with Gasteiger partial charge in [-0.15, -0.1) is 0 Å². The maximum absolute atomic E-state index is 13.9. The number of H-pyrrole nitrogens is 1. The minimum absolute atomic E-state index is 0.0794. The topological polar surface area (TPSA) is 70.9 Å². The van der Waals surface area contributed by atoms with Crippen molar-refractivity contribution in [2.24, 2.45) is 0 Å². The summed E-state index contributed by atoms with van der Waals surface area (Å²) in [6, 6.07) is 18.3. The smallest absolute Gasteiger partial charge is 0.174 e. The number of hydrogen-bond acceptors (Lipinski definition) is 4. The lowest BCUT2D eigenvalue weighted by atomic mass is 10.1. The second kappa shape index (κ2) is 9.40. The number of allylic oxidation sites excluding steroid dienone is 1. The molecule has 4 rings (SSSR count). The van der Waals surface area contributed by atoms with Crippen molar-refractivity contribution in [3.05, 3.63) is 86.5 Å².